The molecule has 1 unspecified atom stereocenters. The number of dihydropyridines is 1. The zero-order valence-electron chi connectivity index (χ0n) is 15.3. The van der Waals surface area contributed by atoms with E-state index in [1.807, 2.05) is 0 Å². The molecule has 1 atom stereocenters. The molecule has 1 aliphatic heterocycles. The lowest BCUT2D eigenvalue weighted by Gasteiger charge is -2.31. The van der Waals surface area contributed by atoms with Crippen LogP contribution < -0.4 is 5.32 Å². The fourth-order valence-corrected chi connectivity index (χ4v) is 3.17. The van der Waals surface area contributed by atoms with Crippen LogP contribution in [0.3, 0.4) is 0 Å². The van der Waals surface area contributed by atoms with E-state index in [1.165, 1.54) is 26.0 Å². The van der Waals surface area contributed by atoms with Gasteiger partial charge < -0.3 is 20.3 Å². The molecule has 1 aliphatic rings. The minimum Gasteiger partial charge on any atom is -0.478 e. The van der Waals surface area contributed by atoms with Gasteiger partial charge in [0.05, 0.1) is 29.2 Å². The van der Waals surface area contributed by atoms with Crippen molar-refractivity contribution in [1.82, 2.24) is 5.32 Å². The Bertz CT molecular complexity index is 842. The van der Waals surface area contributed by atoms with Crippen molar-refractivity contribution in [1.29, 1.82) is 0 Å². The van der Waals surface area contributed by atoms with Gasteiger partial charge in [0, 0.05) is 24.4 Å². The van der Waals surface area contributed by atoms with E-state index in [2.05, 4.69) is 5.32 Å². The van der Waals surface area contributed by atoms with E-state index in [9.17, 15) is 27.9 Å². The number of aliphatic hydroxyl groups excluding tert-OH is 1. The molecule has 2 rings (SSSR count). The average Bonchev–Trinajstić information content (AvgIpc) is 2.60. The summed E-state index contributed by atoms with van der Waals surface area (Å²) in [4.78, 5) is 24.5. The highest BCUT2D eigenvalue weighted by Gasteiger charge is 2.42. The molecule has 28 heavy (non-hydrogen) atoms. The van der Waals surface area contributed by atoms with Crippen LogP contribution in [0.5, 0.6) is 0 Å². The molecule has 0 saturated carbocycles. The quantitative estimate of drug-likeness (QED) is 0.503. The summed E-state index contributed by atoms with van der Waals surface area (Å²) in [5, 5.41) is 21.2. The van der Waals surface area contributed by atoms with Gasteiger partial charge in [0.1, 0.15) is 0 Å². The number of hydrogen-bond acceptors (Lipinski definition) is 5. The fraction of sp³-hybridized carbons (Fsp3) is 0.368. The third kappa shape index (κ3) is 4.36. The van der Waals surface area contributed by atoms with Crippen LogP contribution in [0, 0.1) is 0 Å². The monoisotopic (exact) mass is 399 g/mol. The van der Waals surface area contributed by atoms with Gasteiger partial charge in [-0.2, -0.15) is 13.2 Å². The zero-order chi connectivity index (χ0) is 21.1. The molecule has 0 fully saturated rings. The molecule has 0 saturated heterocycles. The second kappa shape index (κ2) is 8.47. The largest absolute Gasteiger partial charge is 0.478 e. The van der Waals surface area contributed by atoms with Crippen molar-refractivity contribution < 1.29 is 37.7 Å². The smallest absolute Gasteiger partial charge is 0.416 e. The normalized spacial score (nSPS) is 17.4. The number of allylic oxidation sites excluding steroid dienone is 2. The molecular weight excluding hydrogens is 379 g/mol. The Morgan fingerprint density at radius 1 is 1.14 bits per heavy atom. The predicted molar refractivity (Wildman–Crippen MR) is 93.0 cm³/mol. The van der Waals surface area contributed by atoms with Crippen LogP contribution in [-0.2, 0) is 20.5 Å². The first-order chi connectivity index (χ1) is 13.1. The van der Waals surface area contributed by atoms with Crippen LogP contribution in [0.2, 0.25) is 0 Å². The molecular formula is C19H20F3NO5. The van der Waals surface area contributed by atoms with Crippen molar-refractivity contribution >= 4 is 11.9 Å². The fourth-order valence-electron chi connectivity index (χ4n) is 3.17. The van der Waals surface area contributed by atoms with Gasteiger partial charge >= 0.3 is 18.1 Å². The summed E-state index contributed by atoms with van der Waals surface area (Å²) >= 11 is 0. The van der Waals surface area contributed by atoms with Gasteiger partial charge in [-0.05, 0) is 25.5 Å². The maximum Gasteiger partial charge on any atom is 0.416 e. The van der Waals surface area contributed by atoms with Crippen molar-refractivity contribution in [2.24, 2.45) is 0 Å². The molecule has 0 amide bonds. The highest BCUT2D eigenvalue weighted by Crippen LogP contribution is 2.44. The third-order valence-corrected chi connectivity index (χ3v) is 4.32. The van der Waals surface area contributed by atoms with Gasteiger partial charge in [-0.3, -0.25) is 0 Å². The second-order valence-corrected chi connectivity index (χ2v) is 6.24. The summed E-state index contributed by atoms with van der Waals surface area (Å²) in [7, 11) is 0. The highest BCUT2D eigenvalue weighted by molar-refractivity contribution is 5.99. The van der Waals surface area contributed by atoms with Crippen molar-refractivity contribution in [3.05, 3.63) is 57.9 Å². The predicted octanol–water partition coefficient (Wildman–Crippen LogP) is 2.95. The van der Waals surface area contributed by atoms with Crippen molar-refractivity contribution in [2.75, 3.05) is 13.2 Å². The van der Waals surface area contributed by atoms with E-state index in [0.717, 1.165) is 12.1 Å². The minimum absolute atomic E-state index is 0.138. The second-order valence-electron chi connectivity index (χ2n) is 6.24. The summed E-state index contributed by atoms with van der Waals surface area (Å²) < 4.78 is 45.7. The molecule has 1 heterocycles. The topological polar surface area (TPSA) is 95.9 Å². The third-order valence-electron chi connectivity index (χ3n) is 4.32. The highest BCUT2D eigenvalue weighted by atomic mass is 19.4. The summed E-state index contributed by atoms with van der Waals surface area (Å²) in [5.41, 5.74) is -1.60. The SMILES string of the molecule is CC1=C(C(=O)O)C(c2ccccc2C(F)(F)F)C(C(=O)OCCCO)=C(C)N1. The molecule has 9 heteroatoms. The maximum absolute atomic E-state index is 13.6. The van der Waals surface area contributed by atoms with Gasteiger partial charge in [0.15, 0.2) is 0 Å². The van der Waals surface area contributed by atoms with E-state index in [4.69, 9.17) is 9.84 Å². The van der Waals surface area contributed by atoms with Crippen molar-refractivity contribution in [3.63, 3.8) is 0 Å². The summed E-state index contributed by atoms with van der Waals surface area (Å²) in [6, 6.07) is 4.55. The Labute approximate surface area is 159 Å². The molecule has 6 nitrogen and oxygen atoms in total. The number of aliphatic hydroxyl groups is 1. The lowest BCUT2D eigenvalue weighted by atomic mass is 9.78. The van der Waals surface area contributed by atoms with Gasteiger partial charge in [0.25, 0.3) is 0 Å². The molecule has 0 radical (unpaired) electrons. The van der Waals surface area contributed by atoms with E-state index in [0.29, 0.717) is 0 Å². The van der Waals surface area contributed by atoms with Crippen LogP contribution in [0.25, 0.3) is 0 Å². The lowest BCUT2D eigenvalue weighted by molar-refractivity contribution is -0.141. The molecule has 1 aromatic carbocycles. The Morgan fingerprint density at radius 2 is 1.75 bits per heavy atom. The van der Waals surface area contributed by atoms with Gasteiger partial charge in [-0.25, -0.2) is 9.59 Å². The van der Waals surface area contributed by atoms with Crippen LogP contribution in [-0.4, -0.2) is 35.4 Å². The Morgan fingerprint density at radius 3 is 2.32 bits per heavy atom. The van der Waals surface area contributed by atoms with Crippen LogP contribution in [0.1, 0.15) is 37.3 Å². The molecule has 152 valence electrons. The van der Waals surface area contributed by atoms with Crippen molar-refractivity contribution in [2.45, 2.75) is 32.4 Å². The number of nitrogens with one attached hydrogen (secondary N) is 1. The number of alkyl halides is 3. The molecule has 1 aromatic rings. The number of rotatable bonds is 6. The molecule has 0 bridgehead atoms. The van der Waals surface area contributed by atoms with E-state index >= 15 is 0 Å². The van der Waals surface area contributed by atoms with E-state index in [-0.39, 0.29) is 47.7 Å². The Balaban J connectivity index is 2.67. The molecule has 0 spiro atoms. The number of ether oxygens (including phenoxy) is 1. The number of aliphatic carboxylic acids is 1. The number of hydrogen-bond donors (Lipinski definition) is 3. The Hall–Kier alpha value is -2.81. The van der Waals surface area contributed by atoms with Gasteiger partial charge in [0.2, 0.25) is 0 Å². The van der Waals surface area contributed by atoms with E-state index in [1.54, 1.807) is 0 Å². The number of benzene rings is 1. The number of carboxylic acid groups (broad SMARTS) is 1. The molecule has 0 aliphatic carbocycles. The number of carboxylic acids is 1. The minimum atomic E-state index is -4.74. The Kier molecular flexibility index (Phi) is 6.50. The van der Waals surface area contributed by atoms with Crippen LogP contribution in [0.15, 0.2) is 46.8 Å². The maximum atomic E-state index is 13.6. The number of halogens is 3. The summed E-state index contributed by atoms with van der Waals surface area (Å²) in [5.74, 6) is -3.84. The number of esters is 1. The standard InChI is InChI=1S/C19H20F3NO5/c1-10-14(17(25)26)16(12-6-3-4-7-13(12)19(20,21)22)15(11(2)23-10)18(27)28-9-5-8-24/h3-4,6-7,16,23-24H,5,8-9H2,1-2H3,(H,25,26). The number of carbonyl (C=O) groups is 2. The van der Waals surface area contributed by atoms with Gasteiger partial charge in [-0.1, -0.05) is 18.2 Å². The molecule has 3 N–H and O–H groups in total. The van der Waals surface area contributed by atoms with Gasteiger partial charge in [-0.15, -0.1) is 0 Å². The zero-order valence-corrected chi connectivity index (χ0v) is 15.3. The molecule has 0 aromatic heterocycles. The van der Waals surface area contributed by atoms with Crippen LogP contribution in [0.4, 0.5) is 13.2 Å². The summed E-state index contributed by atoms with van der Waals surface area (Å²) in [6.45, 7) is 2.51. The van der Waals surface area contributed by atoms with E-state index < -0.39 is 29.6 Å². The lowest BCUT2D eigenvalue weighted by Crippen LogP contribution is -2.33. The first kappa shape index (κ1) is 21.5. The average molecular weight is 399 g/mol. The van der Waals surface area contributed by atoms with Crippen molar-refractivity contribution in [3.8, 4) is 0 Å². The first-order valence-corrected chi connectivity index (χ1v) is 8.45. The summed E-state index contributed by atoms with van der Waals surface area (Å²) in [6.07, 6.45) is -4.59. The van der Waals surface area contributed by atoms with Crippen LogP contribution >= 0.6 is 0 Å². The number of carbonyl (C=O) groups excluding carboxylic acids is 1. The first-order valence-electron chi connectivity index (χ1n) is 8.45.